The number of aryl methyl sites for hydroxylation is 4. The first-order valence-corrected chi connectivity index (χ1v) is 5.80. The molecule has 18 heavy (non-hydrogen) atoms. The fourth-order valence-electron chi connectivity index (χ4n) is 1.82. The minimum Gasteiger partial charge on any atom is -0.361 e. The Kier molecular flexibility index (Phi) is 3.19. The molecule has 0 radical (unpaired) electrons. The van der Waals surface area contributed by atoms with Crippen molar-refractivity contribution < 1.29 is 9.32 Å². The van der Waals surface area contributed by atoms with Crippen LogP contribution in [0.4, 0.5) is 5.69 Å². The van der Waals surface area contributed by atoms with Crippen molar-refractivity contribution in [1.82, 2.24) is 5.16 Å². The fraction of sp³-hybridized carbons (Fsp3) is 0.286. The lowest BCUT2D eigenvalue weighted by Gasteiger charge is -2.07. The molecule has 0 spiro atoms. The van der Waals surface area contributed by atoms with Gasteiger partial charge >= 0.3 is 0 Å². The number of benzene rings is 1. The van der Waals surface area contributed by atoms with E-state index in [1.807, 2.05) is 32.0 Å². The summed E-state index contributed by atoms with van der Waals surface area (Å²) < 4.78 is 4.99. The first-order chi connectivity index (χ1) is 8.49. The van der Waals surface area contributed by atoms with Crippen LogP contribution in [-0.4, -0.2) is 11.1 Å². The van der Waals surface area contributed by atoms with Crippen molar-refractivity contribution in [1.29, 1.82) is 0 Å². The summed E-state index contributed by atoms with van der Waals surface area (Å²) in [6.07, 6.45) is 0. The van der Waals surface area contributed by atoms with Gasteiger partial charge in [0.05, 0.1) is 5.69 Å². The Morgan fingerprint density at radius 2 is 1.89 bits per heavy atom. The summed E-state index contributed by atoms with van der Waals surface area (Å²) in [5.41, 5.74) is 4.24. The number of rotatable bonds is 2. The molecule has 4 nitrogen and oxygen atoms in total. The summed E-state index contributed by atoms with van der Waals surface area (Å²) in [5.74, 6) is 0.350. The van der Waals surface area contributed by atoms with Crippen LogP contribution in [0.1, 0.15) is 32.9 Å². The molecular formula is C14H16N2O2. The van der Waals surface area contributed by atoms with Gasteiger partial charge in [-0.1, -0.05) is 11.2 Å². The van der Waals surface area contributed by atoms with Gasteiger partial charge in [0, 0.05) is 5.69 Å². The number of nitrogens with one attached hydrogen (secondary N) is 1. The lowest BCUT2D eigenvalue weighted by Crippen LogP contribution is -2.13. The third-order valence-electron chi connectivity index (χ3n) is 3.03. The average molecular weight is 244 g/mol. The van der Waals surface area contributed by atoms with E-state index in [9.17, 15) is 4.79 Å². The number of anilines is 1. The molecule has 2 aromatic rings. The number of amides is 1. The SMILES string of the molecule is Cc1ccc(NC(=O)c2c(C)noc2C)cc1C. The van der Waals surface area contributed by atoms with Crippen LogP contribution in [0.3, 0.4) is 0 Å². The summed E-state index contributed by atoms with van der Waals surface area (Å²) in [6, 6.07) is 5.82. The topological polar surface area (TPSA) is 55.1 Å². The van der Waals surface area contributed by atoms with Crippen molar-refractivity contribution in [2.75, 3.05) is 5.32 Å². The van der Waals surface area contributed by atoms with Gasteiger partial charge in [-0.2, -0.15) is 0 Å². The van der Waals surface area contributed by atoms with Crippen LogP contribution in [0.15, 0.2) is 22.7 Å². The maximum absolute atomic E-state index is 12.1. The Morgan fingerprint density at radius 3 is 2.44 bits per heavy atom. The standard InChI is InChI=1S/C14H16N2O2/c1-8-5-6-12(7-9(8)2)15-14(17)13-10(3)16-18-11(13)4/h5-7H,1-4H3,(H,15,17). The van der Waals surface area contributed by atoms with Gasteiger partial charge in [0.2, 0.25) is 0 Å². The number of carbonyl (C=O) groups excluding carboxylic acids is 1. The Bertz CT molecular complexity index is 580. The second-order valence-electron chi connectivity index (χ2n) is 4.45. The molecule has 0 atom stereocenters. The van der Waals surface area contributed by atoms with E-state index in [1.165, 1.54) is 5.56 Å². The highest BCUT2D eigenvalue weighted by molar-refractivity contribution is 6.05. The maximum atomic E-state index is 12.1. The van der Waals surface area contributed by atoms with E-state index in [-0.39, 0.29) is 5.91 Å². The van der Waals surface area contributed by atoms with Crippen LogP contribution in [0.25, 0.3) is 0 Å². The van der Waals surface area contributed by atoms with Crippen LogP contribution >= 0.6 is 0 Å². The molecule has 2 rings (SSSR count). The average Bonchev–Trinajstić information content (AvgIpc) is 2.64. The zero-order chi connectivity index (χ0) is 13.3. The van der Waals surface area contributed by atoms with Crippen LogP contribution in [0, 0.1) is 27.7 Å². The van der Waals surface area contributed by atoms with Gasteiger partial charge in [-0.25, -0.2) is 0 Å². The molecular weight excluding hydrogens is 228 g/mol. The molecule has 1 aromatic heterocycles. The smallest absolute Gasteiger partial charge is 0.261 e. The van der Waals surface area contributed by atoms with Crippen LogP contribution in [-0.2, 0) is 0 Å². The van der Waals surface area contributed by atoms with Gasteiger partial charge < -0.3 is 9.84 Å². The first-order valence-electron chi connectivity index (χ1n) is 5.80. The van der Waals surface area contributed by atoms with Crippen molar-refractivity contribution in [3.05, 3.63) is 46.3 Å². The minimum absolute atomic E-state index is 0.186. The van der Waals surface area contributed by atoms with Crippen molar-refractivity contribution in [3.8, 4) is 0 Å². The number of carbonyl (C=O) groups is 1. The molecule has 94 valence electrons. The van der Waals surface area contributed by atoms with Gasteiger partial charge in [-0.15, -0.1) is 0 Å². The van der Waals surface area contributed by atoms with Crippen molar-refractivity contribution >= 4 is 11.6 Å². The van der Waals surface area contributed by atoms with Crippen LogP contribution in [0.2, 0.25) is 0 Å². The molecule has 0 bridgehead atoms. The van der Waals surface area contributed by atoms with E-state index in [0.29, 0.717) is 17.0 Å². The molecule has 0 aliphatic rings. The van der Waals surface area contributed by atoms with Gasteiger partial charge in [0.15, 0.2) is 0 Å². The predicted molar refractivity (Wildman–Crippen MR) is 69.8 cm³/mol. The number of hydrogen-bond acceptors (Lipinski definition) is 3. The Labute approximate surface area is 106 Å². The highest BCUT2D eigenvalue weighted by atomic mass is 16.5. The normalized spacial score (nSPS) is 10.4. The molecule has 4 heteroatoms. The number of aromatic nitrogens is 1. The molecule has 0 saturated heterocycles. The molecule has 0 fully saturated rings. The quantitative estimate of drug-likeness (QED) is 0.882. The molecule has 0 unspecified atom stereocenters. The molecule has 0 aliphatic carbocycles. The Balaban J connectivity index is 2.24. The van der Waals surface area contributed by atoms with Gasteiger partial charge in [-0.05, 0) is 51.0 Å². The molecule has 0 saturated carbocycles. The third-order valence-corrected chi connectivity index (χ3v) is 3.03. The zero-order valence-corrected chi connectivity index (χ0v) is 11.0. The first kappa shape index (κ1) is 12.4. The zero-order valence-electron chi connectivity index (χ0n) is 11.0. The predicted octanol–water partition coefficient (Wildman–Crippen LogP) is 3.16. The monoisotopic (exact) mass is 244 g/mol. The fourth-order valence-corrected chi connectivity index (χ4v) is 1.82. The molecule has 1 heterocycles. The summed E-state index contributed by atoms with van der Waals surface area (Å²) in [5, 5.41) is 6.63. The third kappa shape index (κ3) is 2.27. The highest BCUT2D eigenvalue weighted by Gasteiger charge is 2.17. The largest absolute Gasteiger partial charge is 0.361 e. The summed E-state index contributed by atoms with van der Waals surface area (Å²) in [4.78, 5) is 12.1. The van der Waals surface area contributed by atoms with E-state index in [1.54, 1.807) is 13.8 Å². The molecule has 1 amide bonds. The van der Waals surface area contributed by atoms with Crippen molar-refractivity contribution in [2.24, 2.45) is 0 Å². The molecule has 1 N–H and O–H groups in total. The van der Waals surface area contributed by atoms with Crippen molar-refractivity contribution in [3.63, 3.8) is 0 Å². The number of nitrogens with zero attached hydrogens (tertiary/aromatic N) is 1. The van der Waals surface area contributed by atoms with E-state index >= 15 is 0 Å². The lowest BCUT2D eigenvalue weighted by atomic mass is 10.1. The van der Waals surface area contributed by atoms with Crippen LogP contribution in [0.5, 0.6) is 0 Å². The molecule has 1 aromatic carbocycles. The summed E-state index contributed by atoms with van der Waals surface area (Å²) >= 11 is 0. The molecule has 0 aliphatic heterocycles. The highest BCUT2D eigenvalue weighted by Crippen LogP contribution is 2.17. The van der Waals surface area contributed by atoms with Gasteiger partial charge in [0.25, 0.3) is 5.91 Å². The van der Waals surface area contributed by atoms with E-state index in [4.69, 9.17) is 4.52 Å². The van der Waals surface area contributed by atoms with Gasteiger partial charge in [0.1, 0.15) is 11.3 Å². The summed E-state index contributed by atoms with van der Waals surface area (Å²) in [7, 11) is 0. The second-order valence-corrected chi connectivity index (χ2v) is 4.45. The van der Waals surface area contributed by atoms with E-state index < -0.39 is 0 Å². The summed E-state index contributed by atoms with van der Waals surface area (Å²) in [6.45, 7) is 7.54. The minimum atomic E-state index is -0.186. The Hall–Kier alpha value is -2.10. The number of hydrogen-bond donors (Lipinski definition) is 1. The van der Waals surface area contributed by atoms with Crippen molar-refractivity contribution in [2.45, 2.75) is 27.7 Å². The van der Waals surface area contributed by atoms with Gasteiger partial charge in [-0.3, -0.25) is 4.79 Å². The van der Waals surface area contributed by atoms with E-state index in [2.05, 4.69) is 10.5 Å². The van der Waals surface area contributed by atoms with Crippen LogP contribution < -0.4 is 5.32 Å². The maximum Gasteiger partial charge on any atom is 0.261 e. The second kappa shape index (κ2) is 4.64. The lowest BCUT2D eigenvalue weighted by molar-refractivity contribution is 0.102. The van der Waals surface area contributed by atoms with E-state index in [0.717, 1.165) is 11.3 Å². The Morgan fingerprint density at radius 1 is 1.17 bits per heavy atom.